The molecule has 2 aromatic rings. The molecule has 3 heterocycles. The fourth-order valence-electron chi connectivity index (χ4n) is 3.33. The molecule has 0 bridgehead atoms. The number of hydrogen-bond donors (Lipinski definition) is 0. The number of nitrogens with zero attached hydrogens (tertiary/aromatic N) is 5. The second kappa shape index (κ2) is 9.27. The van der Waals surface area contributed by atoms with Crippen molar-refractivity contribution in [2.45, 2.75) is 26.4 Å². The second-order valence-electron chi connectivity index (χ2n) is 7.06. The molecule has 1 atom stereocenters. The maximum Gasteiger partial charge on any atom is 0.416 e. The Morgan fingerprint density at radius 2 is 1.80 bits per heavy atom. The summed E-state index contributed by atoms with van der Waals surface area (Å²) in [6.45, 7) is 6.27. The third-order valence-electron chi connectivity index (χ3n) is 5.00. The first-order chi connectivity index (χ1) is 14.3. The predicted molar refractivity (Wildman–Crippen MR) is 105 cm³/mol. The number of esters is 1. The van der Waals surface area contributed by atoms with E-state index in [2.05, 4.69) is 15.0 Å². The number of rotatable bonds is 5. The molecule has 7 nitrogen and oxygen atoms in total. The van der Waals surface area contributed by atoms with E-state index >= 15 is 0 Å². The smallest absolute Gasteiger partial charge is 0.416 e. The average molecular weight is 423 g/mol. The first-order valence-corrected chi connectivity index (χ1v) is 9.84. The Morgan fingerprint density at radius 1 is 1.13 bits per heavy atom. The van der Waals surface area contributed by atoms with Crippen LogP contribution in [0.1, 0.15) is 36.2 Å². The van der Waals surface area contributed by atoms with Crippen LogP contribution < -0.4 is 9.80 Å². The number of halogens is 3. The van der Waals surface area contributed by atoms with Crippen molar-refractivity contribution in [2.24, 2.45) is 5.92 Å². The van der Waals surface area contributed by atoms with Crippen molar-refractivity contribution in [1.82, 2.24) is 15.0 Å². The molecule has 162 valence electrons. The lowest BCUT2D eigenvalue weighted by Crippen LogP contribution is -2.32. The summed E-state index contributed by atoms with van der Waals surface area (Å²) in [5.41, 5.74) is -0.434. The van der Waals surface area contributed by atoms with Gasteiger partial charge in [-0.1, -0.05) is 6.92 Å². The average Bonchev–Trinajstić information content (AvgIpc) is 2.96. The fraction of sp³-hybridized carbons (Fsp3) is 0.500. The van der Waals surface area contributed by atoms with Crippen LogP contribution >= 0.6 is 0 Å². The molecule has 0 amide bonds. The van der Waals surface area contributed by atoms with Crippen LogP contribution in [-0.4, -0.2) is 53.7 Å². The Balaban J connectivity index is 1.77. The van der Waals surface area contributed by atoms with Crippen molar-refractivity contribution in [1.29, 1.82) is 0 Å². The zero-order valence-electron chi connectivity index (χ0n) is 16.9. The Kier molecular flexibility index (Phi) is 6.73. The van der Waals surface area contributed by atoms with Gasteiger partial charge in [-0.15, -0.1) is 0 Å². The highest BCUT2D eigenvalue weighted by molar-refractivity contribution is 5.88. The van der Waals surface area contributed by atoms with Gasteiger partial charge in [-0.2, -0.15) is 13.2 Å². The molecule has 1 unspecified atom stereocenters. The van der Waals surface area contributed by atoms with Crippen molar-refractivity contribution >= 4 is 17.7 Å². The van der Waals surface area contributed by atoms with Gasteiger partial charge in [-0.05, 0) is 31.4 Å². The Morgan fingerprint density at radius 3 is 2.43 bits per heavy atom. The Hall–Kier alpha value is -2.91. The molecule has 30 heavy (non-hydrogen) atoms. The van der Waals surface area contributed by atoms with E-state index in [1.807, 2.05) is 16.7 Å². The highest BCUT2D eigenvalue weighted by atomic mass is 19.4. The van der Waals surface area contributed by atoms with Gasteiger partial charge in [0.05, 0.1) is 17.7 Å². The predicted octanol–water partition coefficient (Wildman–Crippen LogP) is 3.42. The molecule has 10 heteroatoms. The minimum absolute atomic E-state index is 0.192. The minimum atomic E-state index is -4.41. The van der Waals surface area contributed by atoms with Crippen LogP contribution in [0.15, 0.2) is 30.7 Å². The molecular formula is C20H24F3N5O2. The van der Waals surface area contributed by atoms with E-state index in [9.17, 15) is 18.0 Å². The molecule has 1 aliphatic rings. The standard InChI is InChI=1S/C20H24F3N5O2/c1-3-14-12-27(17-9-16(5-6-24-17)20(21,22)23)7-8-28(13-14)19-25-10-15(11-26-19)18(29)30-4-2/h5-6,9-11,14H,3-4,7-8,12-13H2,1-2H3. The highest BCUT2D eigenvalue weighted by Gasteiger charge is 2.32. The zero-order chi connectivity index (χ0) is 21.7. The summed E-state index contributed by atoms with van der Waals surface area (Å²) in [7, 11) is 0. The number of carbonyl (C=O) groups excluding carboxylic acids is 1. The molecular weight excluding hydrogens is 399 g/mol. The van der Waals surface area contributed by atoms with Gasteiger partial charge in [0, 0.05) is 44.8 Å². The molecule has 0 N–H and O–H groups in total. The summed E-state index contributed by atoms with van der Waals surface area (Å²) in [5.74, 6) is 0.495. The van der Waals surface area contributed by atoms with Crippen LogP contribution in [0.2, 0.25) is 0 Å². The summed E-state index contributed by atoms with van der Waals surface area (Å²) < 4.78 is 44.2. The number of pyridine rings is 1. The number of ether oxygens (including phenoxy) is 1. The molecule has 3 rings (SSSR count). The van der Waals surface area contributed by atoms with Crippen LogP contribution in [0, 0.1) is 5.92 Å². The Labute approximate surface area is 172 Å². The third-order valence-corrected chi connectivity index (χ3v) is 5.00. The van der Waals surface area contributed by atoms with Crippen LogP contribution in [0.5, 0.6) is 0 Å². The topological polar surface area (TPSA) is 71.5 Å². The van der Waals surface area contributed by atoms with Crippen LogP contribution in [-0.2, 0) is 10.9 Å². The first kappa shape index (κ1) is 21.8. The van der Waals surface area contributed by atoms with Crippen molar-refractivity contribution in [2.75, 3.05) is 42.6 Å². The van der Waals surface area contributed by atoms with E-state index in [1.165, 1.54) is 18.6 Å². The van der Waals surface area contributed by atoms with E-state index in [1.54, 1.807) is 6.92 Å². The van der Waals surface area contributed by atoms with Gasteiger partial charge in [-0.3, -0.25) is 0 Å². The Bertz CT molecular complexity index is 860. The van der Waals surface area contributed by atoms with Crippen molar-refractivity contribution in [3.63, 3.8) is 0 Å². The lowest BCUT2D eigenvalue weighted by atomic mass is 10.1. The molecule has 0 spiro atoms. The molecule has 1 aliphatic heterocycles. The third kappa shape index (κ3) is 5.17. The molecule has 2 aromatic heterocycles. The number of hydrogen-bond acceptors (Lipinski definition) is 7. The second-order valence-corrected chi connectivity index (χ2v) is 7.06. The van der Waals surface area contributed by atoms with Crippen molar-refractivity contribution in [3.05, 3.63) is 41.9 Å². The van der Waals surface area contributed by atoms with E-state index in [0.29, 0.717) is 37.9 Å². The van der Waals surface area contributed by atoms with Gasteiger partial charge in [0.25, 0.3) is 0 Å². The maximum absolute atomic E-state index is 13.1. The number of alkyl halides is 3. The van der Waals surface area contributed by atoms with Crippen LogP contribution in [0.4, 0.5) is 24.9 Å². The van der Waals surface area contributed by atoms with Gasteiger partial charge in [0.15, 0.2) is 0 Å². The highest BCUT2D eigenvalue weighted by Crippen LogP contribution is 2.31. The van der Waals surface area contributed by atoms with Crippen molar-refractivity contribution in [3.8, 4) is 0 Å². The van der Waals surface area contributed by atoms with E-state index in [-0.39, 0.29) is 18.1 Å². The van der Waals surface area contributed by atoms with Gasteiger partial charge >= 0.3 is 12.1 Å². The molecule has 0 radical (unpaired) electrons. The summed E-state index contributed by atoms with van der Waals surface area (Å²) in [6.07, 6.45) is 0.483. The van der Waals surface area contributed by atoms with Gasteiger partial charge < -0.3 is 14.5 Å². The first-order valence-electron chi connectivity index (χ1n) is 9.84. The van der Waals surface area contributed by atoms with Crippen molar-refractivity contribution < 1.29 is 22.7 Å². The maximum atomic E-state index is 13.1. The normalized spacial score (nSPS) is 17.6. The number of anilines is 2. The lowest BCUT2D eigenvalue weighted by molar-refractivity contribution is -0.137. The van der Waals surface area contributed by atoms with Gasteiger partial charge in [0.1, 0.15) is 5.82 Å². The van der Waals surface area contributed by atoms with E-state index < -0.39 is 17.7 Å². The molecule has 0 aromatic carbocycles. The minimum Gasteiger partial charge on any atom is -0.462 e. The molecule has 1 saturated heterocycles. The summed E-state index contributed by atoms with van der Waals surface area (Å²) in [6, 6.07) is 2.07. The van der Waals surface area contributed by atoms with Crippen LogP contribution in [0.3, 0.4) is 0 Å². The quantitative estimate of drug-likeness (QED) is 0.683. The molecule has 0 saturated carbocycles. The van der Waals surface area contributed by atoms with E-state index in [4.69, 9.17) is 4.74 Å². The SMILES string of the molecule is CCOC(=O)c1cnc(N2CCN(c3cc(C(F)(F)F)ccn3)CC(CC)C2)nc1. The molecule has 0 aliphatic carbocycles. The van der Waals surface area contributed by atoms with Gasteiger partial charge in [-0.25, -0.2) is 19.7 Å². The number of carbonyl (C=O) groups is 1. The summed E-state index contributed by atoms with van der Waals surface area (Å²) >= 11 is 0. The fourth-order valence-corrected chi connectivity index (χ4v) is 3.33. The largest absolute Gasteiger partial charge is 0.462 e. The number of aromatic nitrogens is 3. The zero-order valence-corrected chi connectivity index (χ0v) is 16.9. The summed E-state index contributed by atoms with van der Waals surface area (Å²) in [5, 5.41) is 0. The van der Waals surface area contributed by atoms with E-state index in [0.717, 1.165) is 18.6 Å². The van der Waals surface area contributed by atoms with Crippen LogP contribution in [0.25, 0.3) is 0 Å². The van der Waals surface area contributed by atoms with Gasteiger partial charge in [0.2, 0.25) is 5.95 Å². The molecule has 1 fully saturated rings. The monoisotopic (exact) mass is 423 g/mol. The lowest BCUT2D eigenvalue weighted by Gasteiger charge is -2.24. The summed E-state index contributed by atoms with van der Waals surface area (Å²) in [4.78, 5) is 28.4.